The Morgan fingerprint density at radius 1 is 1.03 bits per heavy atom. The fourth-order valence-electron chi connectivity index (χ4n) is 2.92. The van der Waals surface area contributed by atoms with Crippen LogP contribution in [0.25, 0.3) is 0 Å². The Morgan fingerprint density at radius 3 is 2.22 bits per heavy atom. The van der Waals surface area contributed by atoms with Gasteiger partial charge in [-0.15, -0.1) is 0 Å². The molecule has 32 heavy (non-hydrogen) atoms. The van der Waals surface area contributed by atoms with Gasteiger partial charge < -0.3 is 23.9 Å². The van der Waals surface area contributed by atoms with Crippen LogP contribution in [-0.4, -0.2) is 52.0 Å². The van der Waals surface area contributed by atoms with Crippen molar-refractivity contribution in [3.8, 4) is 11.5 Å². The van der Waals surface area contributed by atoms with E-state index in [-0.39, 0.29) is 47.4 Å². The van der Waals surface area contributed by atoms with Gasteiger partial charge in [-0.2, -0.15) is 8.42 Å². The molecule has 0 atom stereocenters. The van der Waals surface area contributed by atoms with Crippen LogP contribution in [0.3, 0.4) is 0 Å². The quantitative estimate of drug-likeness (QED) is 0.538. The van der Waals surface area contributed by atoms with Crippen LogP contribution in [0.5, 0.6) is 11.5 Å². The molecule has 10 heteroatoms. The first-order valence-corrected chi connectivity index (χ1v) is 11.3. The van der Waals surface area contributed by atoms with Crippen LogP contribution in [0.4, 0.5) is 5.69 Å². The first-order valence-electron chi connectivity index (χ1n) is 9.85. The van der Waals surface area contributed by atoms with E-state index in [9.17, 15) is 18.0 Å². The average Bonchev–Trinajstić information content (AvgIpc) is 2.71. The SMILES string of the molecule is COCC(=O)N(Cc1ccc(OC)c(OS(=O)(=O)c2ccc(NC(C)=O)cc2)c1)C(C)C. The van der Waals surface area contributed by atoms with Gasteiger partial charge in [-0.05, 0) is 55.8 Å². The minimum absolute atomic E-state index is 0.00108. The van der Waals surface area contributed by atoms with Gasteiger partial charge in [0.1, 0.15) is 11.5 Å². The number of methoxy groups -OCH3 is 2. The topological polar surface area (TPSA) is 111 Å². The lowest BCUT2D eigenvalue weighted by Crippen LogP contribution is -2.38. The number of amides is 2. The Bertz CT molecular complexity index is 1050. The highest BCUT2D eigenvalue weighted by atomic mass is 32.2. The Hall–Kier alpha value is -3.11. The van der Waals surface area contributed by atoms with Gasteiger partial charge in [0.2, 0.25) is 11.8 Å². The summed E-state index contributed by atoms with van der Waals surface area (Å²) in [4.78, 5) is 25.0. The molecule has 2 rings (SSSR count). The molecule has 2 aromatic carbocycles. The molecule has 0 aliphatic rings. The minimum Gasteiger partial charge on any atom is -0.493 e. The highest BCUT2D eigenvalue weighted by Gasteiger charge is 2.22. The van der Waals surface area contributed by atoms with Crippen molar-refractivity contribution in [1.29, 1.82) is 0 Å². The van der Waals surface area contributed by atoms with Crippen molar-refractivity contribution in [2.24, 2.45) is 0 Å². The predicted molar refractivity (Wildman–Crippen MR) is 119 cm³/mol. The van der Waals surface area contributed by atoms with E-state index in [4.69, 9.17) is 13.7 Å². The maximum atomic E-state index is 12.8. The van der Waals surface area contributed by atoms with Gasteiger partial charge >= 0.3 is 10.1 Å². The summed E-state index contributed by atoms with van der Waals surface area (Å²) in [6.45, 7) is 5.30. The number of anilines is 1. The van der Waals surface area contributed by atoms with Crippen LogP contribution in [0.1, 0.15) is 26.3 Å². The highest BCUT2D eigenvalue weighted by molar-refractivity contribution is 7.87. The zero-order valence-electron chi connectivity index (χ0n) is 18.7. The molecule has 174 valence electrons. The summed E-state index contributed by atoms with van der Waals surface area (Å²) >= 11 is 0. The largest absolute Gasteiger partial charge is 0.493 e. The molecule has 0 fully saturated rings. The summed E-state index contributed by atoms with van der Waals surface area (Å²) in [5, 5.41) is 2.57. The fraction of sp³-hybridized carbons (Fsp3) is 0.364. The zero-order valence-corrected chi connectivity index (χ0v) is 19.6. The lowest BCUT2D eigenvalue weighted by Gasteiger charge is -2.27. The van der Waals surface area contributed by atoms with Crippen LogP contribution >= 0.6 is 0 Å². The molecular formula is C22H28N2O7S. The van der Waals surface area contributed by atoms with E-state index in [1.54, 1.807) is 17.0 Å². The van der Waals surface area contributed by atoms with E-state index in [0.29, 0.717) is 11.3 Å². The molecule has 0 saturated carbocycles. The first kappa shape index (κ1) is 25.2. The monoisotopic (exact) mass is 464 g/mol. The van der Waals surface area contributed by atoms with Gasteiger partial charge in [0, 0.05) is 32.3 Å². The molecule has 0 spiro atoms. The molecule has 0 aromatic heterocycles. The van der Waals surface area contributed by atoms with E-state index in [2.05, 4.69) is 5.32 Å². The Morgan fingerprint density at radius 2 is 1.69 bits per heavy atom. The number of nitrogens with one attached hydrogen (secondary N) is 1. The number of hydrogen-bond donors (Lipinski definition) is 1. The second-order valence-electron chi connectivity index (χ2n) is 7.28. The molecule has 0 unspecified atom stereocenters. The third kappa shape index (κ3) is 6.69. The van der Waals surface area contributed by atoms with Crippen molar-refractivity contribution in [2.75, 3.05) is 26.1 Å². The van der Waals surface area contributed by atoms with E-state index < -0.39 is 10.1 Å². The van der Waals surface area contributed by atoms with Gasteiger partial charge in [0.05, 0.1) is 7.11 Å². The summed E-state index contributed by atoms with van der Waals surface area (Å²) in [5.41, 5.74) is 1.13. The van der Waals surface area contributed by atoms with Crippen molar-refractivity contribution in [3.05, 3.63) is 48.0 Å². The van der Waals surface area contributed by atoms with Crippen LogP contribution in [-0.2, 0) is 31.0 Å². The van der Waals surface area contributed by atoms with Crippen LogP contribution in [0, 0.1) is 0 Å². The van der Waals surface area contributed by atoms with Crippen molar-refractivity contribution >= 4 is 27.6 Å². The maximum absolute atomic E-state index is 12.8. The molecule has 2 aromatic rings. The Kier molecular flexibility index (Phi) is 8.62. The number of hydrogen-bond acceptors (Lipinski definition) is 7. The van der Waals surface area contributed by atoms with E-state index in [1.807, 2.05) is 13.8 Å². The Labute approximate surface area is 188 Å². The smallest absolute Gasteiger partial charge is 0.339 e. The van der Waals surface area contributed by atoms with Crippen molar-refractivity contribution in [1.82, 2.24) is 4.90 Å². The molecule has 9 nitrogen and oxygen atoms in total. The lowest BCUT2D eigenvalue weighted by atomic mass is 10.1. The van der Waals surface area contributed by atoms with E-state index in [0.717, 1.165) is 0 Å². The number of rotatable bonds is 10. The van der Waals surface area contributed by atoms with Crippen LogP contribution in [0.15, 0.2) is 47.4 Å². The van der Waals surface area contributed by atoms with E-state index >= 15 is 0 Å². The average molecular weight is 465 g/mol. The van der Waals surface area contributed by atoms with Crippen LogP contribution < -0.4 is 14.2 Å². The summed E-state index contributed by atoms with van der Waals surface area (Å²) in [6, 6.07) is 10.4. The standard InChI is InChI=1S/C22H28N2O7S/c1-15(2)24(22(26)14-29-4)13-17-6-11-20(30-5)21(12-17)31-32(27,28)19-9-7-18(8-10-19)23-16(3)25/h6-12,15H,13-14H2,1-5H3,(H,23,25). The van der Waals surface area contributed by atoms with Crippen LogP contribution in [0.2, 0.25) is 0 Å². The number of ether oxygens (including phenoxy) is 2. The first-order chi connectivity index (χ1) is 15.1. The zero-order chi connectivity index (χ0) is 23.9. The van der Waals surface area contributed by atoms with Gasteiger partial charge in [0.25, 0.3) is 0 Å². The van der Waals surface area contributed by atoms with Gasteiger partial charge in [-0.1, -0.05) is 6.07 Å². The normalized spacial score (nSPS) is 11.2. The highest BCUT2D eigenvalue weighted by Crippen LogP contribution is 2.31. The molecule has 0 radical (unpaired) electrons. The second-order valence-corrected chi connectivity index (χ2v) is 8.82. The molecule has 0 bridgehead atoms. The van der Waals surface area contributed by atoms with Crippen molar-refractivity contribution in [2.45, 2.75) is 38.3 Å². The summed E-state index contributed by atoms with van der Waals surface area (Å²) in [6.07, 6.45) is 0. The third-order valence-electron chi connectivity index (χ3n) is 4.46. The van der Waals surface area contributed by atoms with Gasteiger partial charge in [-0.25, -0.2) is 0 Å². The predicted octanol–water partition coefficient (Wildman–Crippen LogP) is 2.80. The fourth-order valence-corrected chi connectivity index (χ4v) is 3.85. The summed E-state index contributed by atoms with van der Waals surface area (Å²) < 4.78 is 41.1. The second kappa shape index (κ2) is 11.0. The molecule has 0 saturated heterocycles. The van der Waals surface area contributed by atoms with Gasteiger partial charge in [-0.3, -0.25) is 9.59 Å². The van der Waals surface area contributed by atoms with Crippen molar-refractivity contribution in [3.63, 3.8) is 0 Å². The van der Waals surface area contributed by atoms with Crippen molar-refractivity contribution < 1.29 is 31.7 Å². The molecule has 1 N–H and O–H groups in total. The molecule has 0 heterocycles. The lowest BCUT2D eigenvalue weighted by molar-refractivity contribution is -0.137. The molecule has 0 aliphatic heterocycles. The molecule has 0 aliphatic carbocycles. The molecular weight excluding hydrogens is 436 g/mol. The maximum Gasteiger partial charge on any atom is 0.339 e. The minimum atomic E-state index is -4.17. The summed E-state index contributed by atoms with van der Waals surface area (Å²) in [5.74, 6) is -0.226. The number of carbonyl (C=O) groups is 2. The summed E-state index contributed by atoms with van der Waals surface area (Å²) in [7, 11) is -1.32. The molecule has 2 amide bonds. The number of benzene rings is 2. The van der Waals surface area contributed by atoms with E-state index in [1.165, 1.54) is 51.5 Å². The van der Waals surface area contributed by atoms with Gasteiger partial charge in [0.15, 0.2) is 11.5 Å². The Balaban J connectivity index is 2.30. The number of nitrogens with zero attached hydrogens (tertiary/aromatic N) is 1. The number of carbonyl (C=O) groups excluding carboxylic acids is 2. The third-order valence-corrected chi connectivity index (χ3v) is 5.70.